The molecule has 0 aliphatic carbocycles. The number of ether oxygens (including phenoxy) is 1. The van der Waals surface area contributed by atoms with Crippen LogP contribution < -0.4 is 0 Å². The van der Waals surface area contributed by atoms with Crippen LogP contribution in [0.3, 0.4) is 0 Å². The first-order valence-electron chi connectivity index (χ1n) is 9.54. The van der Waals surface area contributed by atoms with Crippen molar-refractivity contribution >= 4 is 5.97 Å². The zero-order valence-electron chi connectivity index (χ0n) is 17.1. The molecule has 1 aromatic carbocycles. The van der Waals surface area contributed by atoms with Crippen molar-refractivity contribution in [3.05, 3.63) is 34.9 Å². The Hall–Kier alpha value is -1.86. The minimum absolute atomic E-state index is 0.0847. The molecule has 4 nitrogen and oxygen atoms in total. The Morgan fingerprint density at radius 3 is 2.35 bits per heavy atom. The quantitative estimate of drug-likeness (QED) is 0.761. The van der Waals surface area contributed by atoms with Crippen LogP contribution in [0, 0.1) is 31.1 Å². The molecule has 0 bridgehead atoms. The topological polar surface area (TPSA) is 53.3 Å². The number of benzene rings is 1. The highest BCUT2D eigenvalue weighted by Crippen LogP contribution is 2.44. The van der Waals surface area contributed by atoms with Crippen molar-refractivity contribution < 1.29 is 9.53 Å². The Balaban J connectivity index is 2.47. The van der Waals surface area contributed by atoms with Gasteiger partial charge in [0.1, 0.15) is 0 Å². The molecule has 1 aliphatic rings. The predicted molar refractivity (Wildman–Crippen MR) is 104 cm³/mol. The summed E-state index contributed by atoms with van der Waals surface area (Å²) in [5, 5.41) is 9.89. The third kappa shape index (κ3) is 3.94. The Kier molecular flexibility index (Phi) is 6.13. The second-order valence-corrected chi connectivity index (χ2v) is 8.43. The van der Waals surface area contributed by atoms with E-state index in [1.165, 1.54) is 11.1 Å². The summed E-state index contributed by atoms with van der Waals surface area (Å²) in [6.45, 7) is 14.6. The molecule has 0 amide bonds. The average Bonchev–Trinajstić information content (AvgIpc) is 2.57. The van der Waals surface area contributed by atoms with Crippen molar-refractivity contribution in [2.45, 2.75) is 65.3 Å². The summed E-state index contributed by atoms with van der Waals surface area (Å²) in [6, 6.07) is 8.64. The maximum Gasteiger partial charge on any atom is 0.324 e. The zero-order valence-corrected chi connectivity index (χ0v) is 17.1. The molecule has 0 spiro atoms. The van der Waals surface area contributed by atoms with Gasteiger partial charge >= 0.3 is 5.97 Å². The van der Waals surface area contributed by atoms with Crippen LogP contribution in [0.4, 0.5) is 0 Å². The molecule has 1 atom stereocenters. The Morgan fingerprint density at radius 2 is 1.88 bits per heavy atom. The monoisotopic (exact) mass is 356 g/mol. The predicted octanol–water partition coefficient (Wildman–Crippen LogP) is 4.14. The van der Waals surface area contributed by atoms with Crippen LogP contribution in [0.15, 0.2) is 18.2 Å². The van der Waals surface area contributed by atoms with Crippen molar-refractivity contribution in [3.63, 3.8) is 0 Å². The van der Waals surface area contributed by atoms with E-state index in [0.717, 1.165) is 31.5 Å². The lowest BCUT2D eigenvalue weighted by atomic mass is 9.64. The lowest BCUT2D eigenvalue weighted by Gasteiger charge is -2.48. The third-order valence-corrected chi connectivity index (χ3v) is 5.89. The van der Waals surface area contributed by atoms with Gasteiger partial charge in [0.25, 0.3) is 0 Å². The number of hydrogen-bond acceptors (Lipinski definition) is 4. The molecule has 1 aromatic rings. The van der Waals surface area contributed by atoms with Gasteiger partial charge in [-0.1, -0.05) is 18.2 Å². The van der Waals surface area contributed by atoms with Gasteiger partial charge in [0, 0.05) is 11.0 Å². The summed E-state index contributed by atoms with van der Waals surface area (Å²) in [6.07, 6.45) is 1.56. The molecular weight excluding hydrogens is 324 g/mol. The first-order valence-corrected chi connectivity index (χ1v) is 9.54. The molecule has 1 unspecified atom stereocenters. The van der Waals surface area contributed by atoms with Crippen LogP contribution in [0.5, 0.6) is 0 Å². The van der Waals surface area contributed by atoms with Gasteiger partial charge in [-0.05, 0) is 84.2 Å². The molecular formula is C22H32N2O2. The molecule has 0 aromatic heterocycles. The van der Waals surface area contributed by atoms with Crippen LogP contribution in [-0.2, 0) is 14.9 Å². The fourth-order valence-corrected chi connectivity index (χ4v) is 4.00. The number of nitriles is 1. The van der Waals surface area contributed by atoms with Crippen LogP contribution in [0.25, 0.3) is 0 Å². The fraction of sp³-hybridized carbons (Fsp3) is 0.636. The molecule has 142 valence electrons. The number of rotatable bonds is 4. The van der Waals surface area contributed by atoms with Gasteiger partial charge < -0.3 is 4.74 Å². The summed E-state index contributed by atoms with van der Waals surface area (Å²) in [4.78, 5) is 15.1. The molecule has 4 heteroatoms. The minimum atomic E-state index is -0.772. The molecule has 0 radical (unpaired) electrons. The van der Waals surface area contributed by atoms with Crippen molar-refractivity contribution in [3.8, 4) is 6.07 Å². The third-order valence-electron chi connectivity index (χ3n) is 5.89. The minimum Gasteiger partial charge on any atom is -0.465 e. The highest BCUT2D eigenvalue weighted by molar-refractivity contribution is 5.77. The lowest BCUT2D eigenvalue weighted by Crippen LogP contribution is -2.53. The Morgan fingerprint density at radius 1 is 1.27 bits per heavy atom. The lowest BCUT2D eigenvalue weighted by molar-refractivity contribution is -0.149. The second kappa shape index (κ2) is 7.80. The summed E-state index contributed by atoms with van der Waals surface area (Å²) >= 11 is 0. The summed E-state index contributed by atoms with van der Waals surface area (Å²) < 4.78 is 5.27. The van der Waals surface area contributed by atoms with Crippen LogP contribution in [0.2, 0.25) is 0 Å². The summed E-state index contributed by atoms with van der Waals surface area (Å²) in [7, 11) is 0. The smallest absolute Gasteiger partial charge is 0.324 e. The standard InChI is InChI=1S/C22H32N2O2/c1-7-26-20(25)19(15-23)22(18-9-8-16(2)17(3)14-18)10-12-24(13-11-22)21(4,5)6/h8-9,14,19H,7,10-13H2,1-6H3. The van der Waals surface area contributed by atoms with E-state index < -0.39 is 17.3 Å². The molecule has 1 heterocycles. The Bertz CT molecular complexity index is 689. The van der Waals surface area contributed by atoms with E-state index in [1.807, 2.05) is 0 Å². The number of carbonyl (C=O) groups excluding carboxylic acids is 1. The van der Waals surface area contributed by atoms with E-state index >= 15 is 0 Å². The van der Waals surface area contributed by atoms with Crippen LogP contribution in [0.1, 0.15) is 57.2 Å². The molecule has 1 fully saturated rings. The van der Waals surface area contributed by atoms with Gasteiger partial charge in [-0.2, -0.15) is 5.26 Å². The summed E-state index contributed by atoms with van der Waals surface area (Å²) in [5.41, 5.74) is 3.11. The van der Waals surface area contributed by atoms with E-state index in [-0.39, 0.29) is 5.54 Å². The maximum absolute atomic E-state index is 12.6. The van der Waals surface area contributed by atoms with E-state index in [4.69, 9.17) is 4.74 Å². The van der Waals surface area contributed by atoms with E-state index in [2.05, 4.69) is 63.8 Å². The fourth-order valence-electron chi connectivity index (χ4n) is 4.00. The number of likely N-dealkylation sites (tertiary alicyclic amines) is 1. The molecule has 0 N–H and O–H groups in total. The van der Waals surface area contributed by atoms with Crippen LogP contribution in [-0.4, -0.2) is 36.1 Å². The number of piperidine rings is 1. The van der Waals surface area contributed by atoms with Crippen LogP contribution >= 0.6 is 0 Å². The SMILES string of the molecule is CCOC(=O)C(C#N)C1(c2ccc(C)c(C)c2)CCN(C(C)(C)C)CC1. The number of hydrogen-bond donors (Lipinski definition) is 0. The van der Waals surface area contributed by atoms with Gasteiger partial charge in [0.2, 0.25) is 0 Å². The van der Waals surface area contributed by atoms with Crippen molar-refractivity contribution in [1.82, 2.24) is 4.90 Å². The first-order chi connectivity index (χ1) is 12.2. The van der Waals surface area contributed by atoms with E-state index in [0.29, 0.717) is 6.61 Å². The Labute approximate surface area is 158 Å². The highest BCUT2D eigenvalue weighted by atomic mass is 16.5. The number of carbonyl (C=O) groups is 1. The maximum atomic E-state index is 12.6. The number of esters is 1. The summed E-state index contributed by atoms with van der Waals surface area (Å²) in [5.74, 6) is -1.16. The second-order valence-electron chi connectivity index (χ2n) is 8.43. The normalized spacial score (nSPS) is 18.8. The highest BCUT2D eigenvalue weighted by Gasteiger charge is 2.48. The molecule has 26 heavy (non-hydrogen) atoms. The number of aryl methyl sites for hydroxylation is 2. The molecule has 1 saturated heterocycles. The van der Waals surface area contributed by atoms with Crippen molar-refractivity contribution in [2.24, 2.45) is 5.92 Å². The van der Waals surface area contributed by atoms with Crippen molar-refractivity contribution in [1.29, 1.82) is 5.26 Å². The average molecular weight is 357 g/mol. The molecule has 0 saturated carbocycles. The number of nitrogens with zero attached hydrogens (tertiary/aromatic N) is 2. The van der Waals surface area contributed by atoms with Gasteiger partial charge in [0.05, 0.1) is 12.7 Å². The van der Waals surface area contributed by atoms with E-state index in [1.54, 1.807) is 6.92 Å². The van der Waals surface area contributed by atoms with Crippen molar-refractivity contribution in [2.75, 3.05) is 19.7 Å². The zero-order chi connectivity index (χ0) is 19.5. The molecule has 1 aliphatic heterocycles. The first kappa shape index (κ1) is 20.5. The van der Waals surface area contributed by atoms with Gasteiger partial charge in [-0.25, -0.2) is 0 Å². The largest absolute Gasteiger partial charge is 0.465 e. The van der Waals surface area contributed by atoms with Gasteiger partial charge in [-0.15, -0.1) is 0 Å². The van der Waals surface area contributed by atoms with E-state index in [9.17, 15) is 10.1 Å². The van der Waals surface area contributed by atoms with Gasteiger partial charge in [0.15, 0.2) is 5.92 Å². The molecule has 2 rings (SSSR count). The van der Waals surface area contributed by atoms with Gasteiger partial charge in [-0.3, -0.25) is 9.69 Å².